The van der Waals surface area contributed by atoms with Crippen molar-refractivity contribution >= 4 is 0 Å². The average Bonchev–Trinajstić information content (AvgIpc) is 2.83. The molecule has 5 heteroatoms. The van der Waals surface area contributed by atoms with E-state index < -0.39 is 0 Å². The van der Waals surface area contributed by atoms with Crippen LogP contribution in [-0.4, -0.2) is 63.9 Å². The molecule has 1 heterocycles. The van der Waals surface area contributed by atoms with Gasteiger partial charge in [-0.1, -0.05) is 25.1 Å². The van der Waals surface area contributed by atoms with E-state index in [0.29, 0.717) is 6.61 Å². The van der Waals surface area contributed by atoms with Gasteiger partial charge in [-0.25, -0.2) is 0 Å². The number of hydrogen-bond donors (Lipinski definition) is 0. The van der Waals surface area contributed by atoms with Crippen LogP contribution in [0.2, 0.25) is 0 Å². The predicted molar refractivity (Wildman–Crippen MR) is 131 cm³/mol. The minimum atomic E-state index is 0.577. The zero-order valence-corrected chi connectivity index (χ0v) is 20.3. The molecule has 3 rings (SSSR count). The number of methoxy groups -OCH3 is 3. The van der Waals surface area contributed by atoms with Crippen molar-refractivity contribution in [2.24, 2.45) is 5.92 Å². The molecule has 5 nitrogen and oxygen atoms in total. The molecule has 2 aromatic rings. The topological polar surface area (TPSA) is 34.2 Å². The molecule has 2 aromatic carbocycles. The summed E-state index contributed by atoms with van der Waals surface area (Å²) in [6.45, 7) is 9.55. The Bertz CT molecular complexity index is 826. The summed E-state index contributed by atoms with van der Waals surface area (Å²) in [5.41, 5.74) is 3.79. The number of nitrogens with zero attached hydrogens (tertiary/aromatic N) is 2. The van der Waals surface area contributed by atoms with Gasteiger partial charge in [0.1, 0.15) is 11.5 Å². The van der Waals surface area contributed by atoms with Crippen LogP contribution in [0, 0.1) is 5.92 Å². The Labute approximate surface area is 194 Å². The highest BCUT2D eigenvalue weighted by Crippen LogP contribution is 2.23. The lowest BCUT2D eigenvalue weighted by Gasteiger charge is -2.35. The lowest BCUT2D eigenvalue weighted by atomic mass is 9.96. The van der Waals surface area contributed by atoms with Gasteiger partial charge in [0, 0.05) is 38.9 Å². The fourth-order valence-electron chi connectivity index (χ4n) is 4.75. The molecule has 1 fully saturated rings. The molecule has 32 heavy (non-hydrogen) atoms. The number of ether oxygens (including phenoxy) is 3. The van der Waals surface area contributed by atoms with E-state index in [1.54, 1.807) is 21.3 Å². The Morgan fingerprint density at radius 1 is 1.03 bits per heavy atom. The van der Waals surface area contributed by atoms with E-state index in [0.717, 1.165) is 55.6 Å². The summed E-state index contributed by atoms with van der Waals surface area (Å²) in [7, 11) is 5.18. The van der Waals surface area contributed by atoms with Gasteiger partial charge >= 0.3 is 0 Å². The Kier molecular flexibility index (Phi) is 9.85. The molecular formula is C27H40N2O3. The van der Waals surface area contributed by atoms with Crippen molar-refractivity contribution in [2.75, 3.05) is 54.1 Å². The molecule has 0 N–H and O–H groups in total. The van der Waals surface area contributed by atoms with Crippen LogP contribution in [0.3, 0.4) is 0 Å². The molecule has 0 aliphatic carbocycles. The number of piperidine rings is 1. The van der Waals surface area contributed by atoms with Crippen molar-refractivity contribution in [1.82, 2.24) is 9.80 Å². The van der Waals surface area contributed by atoms with Crippen LogP contribution in [0.1, 0.15) is 36.5 Å². The number of benzene rings is 2. The molecule has 0 radical (unpaired) electrons. The van der Waals surface area contributed by atoms with Crippen molar-refractivity contribution in [2.45, 2.75) is 39.3 Å². The van der Waals surface area contributed by atoms with E-state index in [1.165, 1.54) is 37.1 Å². The first-order valence-corrected chi connectivity index (χ1v) is 11.9. The number of hydrogen-bond acceptors (Lipinski definition) is 5. The summed E-state index contributed by atoms with van der Waals surface area (Å²) in [6, 6.07) is 14.9. The van der Waals surface area contributed by atoms with Gasteiger partial charge in [-0.2, -0.15) is 0 Å². The SMILES string of the molecule is CCN(Cc1ccc(OC)c(COC)c1)C[C@H]1CCCN(CCc2cccc(OC)c2)C1. The van der Waals surface area contributed by atoms with Gasteiger partial charge in [0.2, 0.25) is 0 Å². The lowest BCUT2D eigenvalue weighted by molar-refractivity contribution is 0.133. The second kappa shape index (κ2) is 12.8. The molecule has 176 valence electrons. The summed E-state index contributed by atoms with van der Waals surface area (Å²) in [6.07, 6.45) is 3.69. The lowest BCUT2D eigenvalue weighted by Crippen LogP contribution is -2.41. The third kappa shape index (κ3) is 7.22. The maximum atomic E-state index is 5.48. The van der Waals surface area contributed by atoms with E-state index in [-0.39, 0.29) is 0 Å². The van der Waals surface area contributed by atoms with Crippen LogP contribution in [0.4, 0.5) is 0 Å². The van der Waals surface area contributed by atoms with Crippen LogP contribution >= 0.6 is 0 Å². The standard InChI is InChI=1S/C27H40N2O3/c1-5-28(18-23-11-12-27(32-4)25(16-23)21-30-2)19-24-9-7-14-29(20-24)15-13-22-8-6-10-26(17-22)31-3/h6,8,10-12,16-17,24H,5,7,9,13-15,18-21H2,1-4H3/t24-/m1/s1. The second-order valence-electron chi connectivity index (χ2n) is 8.82. The van der Waals surface area contributed by atoms with Gasteiger partial charge in [-0.05, 0) is 73.7 Å². The van der Waals surface area contributed by atoms with Gasteiger partial charge in [0.25, 0.3) is 0 Å². The van der Waals surface area contributed by atoms with Gasteiger partial charge < -0.3 is 19.1 Å². The highest BCUT2D eigenvalue weighted by Gasteiger charge is 2.22. The van der Waals surface area contributed by atoms with Gasteiger partial charge in [-0.15, -0.1) is 0 Å². The van der Waals surface area contributed by atoms with E-state index in [1.807, 2.05) is 6.07 Å². The Morgan fingerprint density at radius 2 is 1.91 bits per heavy atom. The predicted octanol–water partition coefficient (Wildman–Crippen LogP) is 4.63. The smallest absolute Gasteiger partial charge is 0.124 e. The third-order valence-corrected chi connectivity index (χ3v) is 6.47. The van der Waals surface area contributed by atoms with E-state index in [4.69, 9.17) is 14.2 Å². The minimum Gasteiger partial charge on any atom is -0.497 e. The molecule has 0 bridgehead atoms. The summed E-state index contributed by atoms with van der Waals surface area (Å²) < 4.78 is 16.2. The quantitative estimate of drug-likeness (QED) is 0.481. The Balaban J connectivity index is 1.52. The van der Waals surface area contributed by atoms with Crippen molar-refractivity contribution in [1.29, 1.82) is 0 Å². The van der Waals surface area contributed by atoms with Crippen LogP contribution in [0.15, 0.2) is 42.5 Å². The highest BCUT2D eigenvalue weighted by molar-refractivity contribution is 5.37. The first kappa shape index (κ1) is 24.6. The molecule has 1 aliphatic heterocycles. The van der Waals surface area contributed by atoms with Crippen molar-refractivity contribution in [3.8, 4) is 11.5 Å². The summed E-state index contributed by atoms with van der Waals surface area (Å²) >= 11 is 0. The van der Waals surface area contributed by atoms with Gasteiger partial charge in [-0.3, -0.25) is 4.90 Å². The van der Waals surface area contributed by atoms with Crippen LogP contribution in [0.25, 0.3) is 0 Å². The fraction of sp³-hybridized carbons (Fsp3) is 0.556. The van der Waals surface area contributed by atoms with Crippen molar-refractivity contribution in [3.05, 3.63) is 59.2 Å². The summed E-state index contributed by atoms with van der Waals surface area (Å²) in [5.74, 6) is 2.58. The fourth-order valence-corrected chi connectivity index (χ4v) is 4.75. The molecule has 0 aromatic heterocycles. The molecule has 0 spiro atoms. The van der Waals surface area contributed by atoms with E-state index in [2.05, 4.69) is 53.1 Å². The zero-order chi connectivity index (χ0) is 22.8. The van der Waals surface area contributed by atoms with Gasteiger partial charge in [0.15, 0.2) is 0 Å². The summed E-state index contributed by atoms with van der Waals surface area (Å²) in [5, 5.41) is 0. The molecule has 1 aliphatic rings. The first-order valence-electron chi connectivity index (χ1n) is 11.9. The number of rotatable bonds is 12. The largest absolute Gasteiger partial charge is 0.497 e. The van der Waals surface area contributed by atoms with Crippen LogP contribution in [0.5, 0.6) is 11.5 Å². The molecular weight excluding hydrogens is 400 g/mol. The number of likely N-dealkylation sites (tertiary alicyclic amines) is 1. The zero-order valence-electron chi connectivity index (χ0n) is 20.3. The molecule has 1 atom stereocenters. The Morgan fingerprint density at radius 3 is 2.66 bits per heavy atom. The maximum Gasteiger partial charge on any atom is 0.124 e. The Hall–Kier alpha value is -2.08. The van der Waals surface area contributed by atoms with E-state index in [9.17, 15) is 0 Å². The van der Waals surface area contributed by atoms with Crippen LogP contribution < -0.4 is 9.47 Å². The monoisotopic (exact) mass is 440 g/mol. The first-order chi connectivity index (χ1) is 15.6. The summed E-state index contributed by atoms with van der Waals surface area (Å²) in [4.78, 5) is 5.22. The normalized spacial score (nSPS) is 17.0. The molecule has 0 unspecified atom stereocenters. The van der Waals surface area contributed by atoms with E-state index >= 15 is 0 Å². The maximum absolute atomic E-state index is 5.48. The van der Waals surface area contributed by atoms with Gasteiger partial charge in [0.05, 0.1) is 20.8 Å². The van der Waals surface area contributed by atoms with Crippen molar-refractivity contribution < 1.29 is 14.2 Å². The average molecular weight is 441 g/mol. The minimum absolute atomic E-state index is 0.577. The van der Waals surface area contributed by atoms with Crippen molar-refractivity contribution in [3.63, 3.8) is 0 Å². The second-order valence-corrected chi connectivity index (χ2v) is 8.82. The molecule has 0 saturated carbocycles. The van der Waals surface area contributed by atoms with Crippen LogP contribution in [-0.2, 0) is 24.3 Å². The molecule has 0 amide bonds. The highest BCUT2D eigenvalue weighted by atomic mass is 16.5. The molecule has 1 saturated heterocycles. The third-order valence-electron chi connectivity index (χ3n) is 6.47.